The van der Waals surface area contributed by atoms with Crippen molar-refractivity contribution in [3.63, 3.8) is 0 Å². The first-order chi connectivity index (χ1) is 8.79. The topological polar surface area (TPSA) is 79.4 Å². The molecule has 7 heteroatoms. The van der Waals surface area contributed by atoms with Gasteiger partial charge < -0.3 is 18.1 Å². The Morgan fingerprint density at radius 2 is 1.75 bits per heavy atom. The van der Waals surface area contributed by atoms with Crippen molar-refractivity contribution >= 4 is 29.2 Å². The fourth-order valence-electron chi connectivity index (χ4n) is 2.01. The summed E-state index contributed by atoms with van der Waals surface area (Å²) >= 11 is 5.92. The van der Waals surface area contributed by atoms with Crippen molar-refractivity contribution in [3.05, 3.63) is 29.3 Å². The SMILES string of the molecule is CC(C)(C)C1N=C(N)NC(N)=[N+]1c1ccc(Cl)cc1.[Cl-]. The maximum Gasteiger partial charge on any atom is 0.357 e. The highest BCUT2D eigenvalue weighted by Gasteiger charge is 2.36. The number of nitrogens with zero attached hydrogens (tertiary/aromatic N) is 2. The van der Waals surface area contributed by atoms with Crippen LogP contribution < -0.4 is 29.2 Å². The van der Waals surface area contributed by atoms with Crippen molar-refractivity contribution in [2.45, 2.75) is 26.9 Å². The van der Waals surface area contributed by atoms with Gasteiger partial charge in [-0.3, -0.25) is 5.73 Å². The van der Waals surface area contributed by atoms with Crippen molar-refractivity contribution in [2.75, 3.05) is 0 Å². The zero-order chi connectivity index (χ0) is 14.2. The first kappa shape index (κ1) is 16.6. The summed E-state index contributed by atoms with van der Waals surface area (Å²) in [6, 6.07) is 7.47. The van der Waals surface area contributed by atoms with Gasteiger partial charge in [0.2, 0.25) is 0 Å². The van der Waals surface area contributed by atoms with Gasteiger partial charge in [0.05, 0.1) is 0 Å². The van der Waals surface area contributed by atoms with Gasteiger partial charge in [0, 0.05) is 10.4 Å². The molecule has 0 aliphatic carbocycles. The standard InChI is InChI=1S/C13H18ClN5.ClH/c1-13(2,3)10-17-11(15)18-12(16)19(10)9-6-4-8(14)5-7-9;/h4-7,10H,1-3H3,(H4,15,16,17,18);1H. The minimum absolute atomic E-state index is 0. The van der Waals surface area contributed by atoms with Gasteiger partial charge >= 0.3 is 5.96 Å². The minimum atomic E-state index is -0.171. The molecule has 5 N–H and O–H groups in total. The molecule has 0 fully saturated rings. The summed E-state index contributed by atoms with van der Waals surface area (Å²) in [7, 11) is 0. The average Bonchev–Trinajstić information content (AvgIpc) is 2.28. The van der Waals surface area contributed by atoms with E-state index in [-0.39, 0.29) is 24.0 Å². The van der Waals surface area contributed by atoms with Crippen molar-refractivity contribution in [2.24, 2.45) is 21.9 Å². The van der Waals surface area contributed by atoms with Crippen LogP contribution in [0.4, 0.5) is 5.69 Å². The van der Waals surface area contributed by atoms with Gasteiger partial charge in [0.1, 0.15) is 5.69 Å². The van der Waals surface area contributed by atoms with Crippen molar-refractivity contribution in [1.29, 1.82) is 0 Å². The van der Waals surface area contributed by atoms with Crippen molar-refractivity contribution in [3.8, 4) is 0 Å². The van der Waals surface area contributed by atoms with Crippen LogP contribution in [0, 0.1) is 5.41 Å². The monoisotopic (exact) mass is 315 g/mol. The molecule has 1 aliphatic heterocycles. The second-order valence-corrected chi connectivity index (χ2v) is 6.05. The lowest BCUT2D eigenvalue weighted by Crippen LogP contribution is -3.00. The molecule has 1 aromatic rings. The zero-order valence-electron chi connectivity index (χ0n) is 11.7. The van der Waals surface area contributed by atoms with Gasteiger partial charge in [-0.2, -0.15) is 4.99 Å². The van der Waals surface area contributed by atoms with Gasteiger partial charge in [-0.15, -0.1) is 0 Å². The van der Waals surface area contributed by atoms with Gasteiger partial charge in [-0.05, 0) is 24.3 Å². The Hall–Kier alpha value is -1.46. The van der Waals surface area contributed by atoms with E-state index in [2.05, 4.69) is 31.1 Å². The second-order valence-electron chi connectivity index (χ2n) is 5.61. The van der Waals surface area contributed by atoms with Crippen LogP contribution in [0.3, 0.4) is 0 Å². The summed E-state index contributed by atoms with van der Waals surface area (Å²) in [5.41, 5.74) is 12.6. The minimum Gasteiger partial charge on any atom is -1.00 e. The van der Waals surface area contributed by atoms with Crippen molar-refractivity contribution in [1.82, 2.24) is 5.32 Å². The smallest absolute Gasteiger partial charge is 0.357 e. The van der Waals surface area contributed by atoms with Crippen LogP contribution in [0.2, 0.25) is 5.02 Å². The van der Waals surface area contributed by atoms with Gasteiger partial charge in [-0.25, -0.2) is 9.89 Å². The Bertz CT molecular complexity index is 543. The fraction of sp³-hybridized carbons (Fsp3) is 0.385. The van der Waals surface area contributed by atoms with Crippen LogP contribution >= 0.6 is 11.6 Å². The zero-order valence-corrected chi connectivity index (χ0v) is 13.2. The Kier molecular flexibility index (Phi) is 4.89. The molecule has 1 aliphatic rings. The fourth-order valence-corrected chi connectivity index (χ4v) is 2.13. The van der Waals surface area contributed by atoms with E-state index in [1.165, 1.54) is 0 Å². The Morgan fingerprint density at radius 1 is 1.20 bits per heavy atom. The molecule has 1 atom stereocenters. The molecule has 0 amide bonds. The number of aliphatic imine (C=N–C) groups is 1. The molecule has 0 radical (unpaired) electrons. The molecule has 0 aromatic heterocycles. The Balaban J connectivity index is 0.00000200. The number of halogens is 2. The Morgan fingerprint density at radius 3 is 2.25 bits per heavy atom. The van der Waals surface area contributed by atoms with E-state index >= 15 is 0 Å². The number of nitrogens with two attached hydrogens (primary N) is 2. The van der Waals surface area contributed by atoms with Crippen LogP contribution in [0.1, 0.15) is 20.8 Å². The number of nitrogens with one attached hydrogen (secondary N) is 1. The van der Waals surface area contributed by atoms with E-state index in [1.54, 1.807) is 0 Å². The maximum absolute atomic E-state index is 6.06. The highest BCUT2D eigenvalue weighted by Crippen LogP contribution is 2.29. The number of rotatable bonds is 1. The van der Waals surface area contributed by atoms with E-state index in [9.17, 15) is 0 Å². The molecular formula is C13H19Cl2N5. The summed E-state index contributed by atoms with van der Waals surface area (Å²) in [4.78, 5) is 4.46. The molecule has 0 saturated heterocycles. The van der Waals surface area contributed by atoms with E-state index in [0.717, 1.165) is 5.69 Å². The summed E-state index contributed by atoms with van der Waals surface area (Å²) in [6.07, 6.45) is -0.171. The Labute approximate surface area is 130 Å². The van der Waals surface area contributed by atoms with Gasteiger partial charge in [0.25, 0.3) is 5.96 Å². The van der Waals surface area contributed by atoms with Crippen molar-refractivity contribution < 1.29 is 17.0 Å². The van der Waals surface area contributed by atoms with Gasteiger partial charge in [-0.1, -0.05) is 32.4 Å². The average molecular weight is 316 g/mol. The first-order valence-corrected chi connectivity index (χ1v) is 6.44. The molecule has 5 nitrogen and oxygen atoms in total. The van der Waals surface area contributed by atoms with E-state index in [0.29, 0.717) is 16.9 Å². The lowest BCUT2D eigenvalue weighted by Gasteiger charge is -2.31. The summed E-state index contributed by atoms with van der Waals surface area (Å²) in [5.74, 6) is 0.803. The summed E-state index contributed by atoms with van der Waals surface area (Å²) in [5, 5.41) is 3.54. The quantitative estimate of drug-likeness (QED) is 0.557. The molecule has 0 saturated carbocycles. The lowest BCUT2D eigenvalue weighted by molar-refractivity contribution is -0.506. The molecule has 1 aromatic carbocycles. The van der Waals surface area contributed by atoms with Crippen LogP contribution in [0.15, 0.2) is 29.3 Å². The normalized spacial score (nSPS) is 19.0. The molecule has 1 unspecified atom stereocenters. The van der Waals surface area contributed by atoms with Gasteiger partial charge in [0.15, 0.2) is 6.17 Å². The molecule has 0 spiro atoms. The number of benzene rings is 1. The maximum atomic E-state index is 6.06. The van der Waals surface area contributed by atoms with E-state index < -0.39 is 0 Å². The first-order valence-electron chi connectivity index (χ1n) is 6.06. The lowest BCUT2D eigenvalue weighted by atomic mass is 9.91. The highest BCUT2D eigenvalue weighted by atomic mass is 35.5. The van der Waals surface area contributed by atoms with Crippen LogP contribution in [-0.2, 0) is 0 Å². The molecule has 1 heterocycles. The molecular weight excluding hydrogens is 297 g/mol. The largest absolute Gasteiger partial charge is 1.00 e. The summed E-state index contributed by atoms with van der Waals surface area (Å²) < 4.78 is 1.92. The van der Waals surface area contributed by atoms with Crippen LogP contribution in [0.5, 0.6) is 0 Å². The third kappa shape index (κ3) is 3.35. The summed E-state index contributed by atoms with van der Waals surface area (Å²) in [6.45, 7) is 6.28. The van der Waals surface area contributed by atoms with Crippen LogP contribution in [0.25, 0.3) is 0 Å². The molecule has 2 rings (SSSR count). The molecule has 110 valence electrons. The third-order valence-electron chi connectivity index (χ3n) is 2.90. The second kappa shape index (κ2) is 5.89. The number of hydrogen-bond donors (Lipinski definition) is 3. The van der Waals surface area contributed by atoms with Crippen LogP contribution in [-0.4, -0.2) is 22.7 Å². The third-order valence-corrected chi connectivity index (χ3v) is 3.15. The highest BCUT2D eigenvalue weighted by molar-refractivity contribution is 6.30. The predicted octanol–water partition coefficient (Wildman–Crippen LogP) is -1.41. The van der Waals surface area contributed by atoms with E-state index in [4.69, 9.17) is 23.1 Å². The van der Waals surface area contributed by atoms with E-state index in [1.807, 2.05) is 28.8 Å². The number of hydrogen-bond acceptors (Lipinski definition) is 4. The molecule has 0 bridgehead atoms. The predicted molar refractivity (Wildman–Crippen MR) is 78.6 cm³/mol. The molecule has 20 heavy (non-hydrogen) atoms. The number of guanidine groups is 2.